The van der Waals surface area contributed by atoms with Gasteiger partial charge in [-0.2, -0.15) is 0 Å². The summed E-state index contributed by atoms with van der Waals surface area (Å²) in [6.45, 7) is 0. The normalized spacial score (nSPS) is 11.3. The molecule has 0 aliphatic carbocycles. The van der Waals surface area contributed by atoms with Crippen LogP contribution in [0.4, 0.5) is 0 Å². The fourth-order valence-corrected chi connectivity index (χ4v) is 1.70. The summed E-state index contributed by atoms with van der Waals surface area (Å²) >= 11 is 0. The number of nitrogens with one attached hydrogen (secondary N) is 1. The van der Waals surface area contributed by atoms with E-state index in [9.17, 15) is 9.59 Å². The van der Waals surface area contributed by atoms with Gasteiger partial charge >= 0.3 is 5.97 Å². The molecule has 0 atom stereocenters. The maximum Gasteiger partial charge on any atom is 0.303 e. The average Bonchev–Trinajstić information content (AvgIpc) is 2.18. The number of rotatable bonds is 10. The van der Waals surface area contributed by atoms with Crippen LogP contribution in [-0.2, 0) is 9.59 Å². The molecular formula is C13H27N2O3+. The highest BCUT2D eigenvalue weighted by Gasteiger charge is 2.11. The van der Waals surface area contributed by atoms with E-state index in [2.05, 4.69) is 5.43 Å². The Morgan fingerprint density at radius 2 is 1.33 bits per heavy atom. The molecule has 5 nitrogen and oxygen atoms in total. The minimum Gasteiger partial charge on any atom is -0.481 e. The standard InChI is InChI=1S/C13H26N2O3/c1-15(2,3)14-12(16)10-8-6-4-5-7-9-11-13(17)18/h4-11H2,1-3H3,(H-,14,16,17,18)/p+1. The van der Waals surface area contributed by atoms with E-state index in [0.717, 1.165) is 38.5 Å². The van der Waals surface area contributed by atoms with E-state index in [4.69, 9.17) is 5.11 Å². The molecule has 0 aliphatic rings. The Labute approximate surface area is 110 Å². The van der Waals surface area contributed by atoms with Crippen LogP contribution in [0.3, 0.4) is 0 Å². The van der Waals surface area contributed by atoms with Gasteiger partial charge < -0.3 is 5.11 Å². The number of carbonyl (C=O) groups is 2. The van der Waals surface area contributed by atoms with Crippen LogP contribution in [0.2, 0.25) is 0 Å². The lowest BCUT2D eigenvalue weighted by molar-refractivity contribution is -0.906. The SMILES string of the molecule is C[N+](C)(C)NC(=O)CCCCCCCCC(=O)O. The first-order valence-corrected chi connectivity index (χ1v) is 6.65. The second kappa shape index (κ2) is 8.91. The van der Waals surface area contributed by atoms with Crippen LogP contribution in [0, 0.1) is 0 Å². The molecule has 0 aliphatic heterocycles. The third-order valence-corrected chi connectivity index (χ3v) is 2.50. The van der Waals surface area contributed by atoms with Crippen LogP contribution in [0.25, 0.3) is 0 Å². The predicted molar refractivity (Wildman–Crippen MR) is 70.7 cm³/mol. The summed E-state index contributed by atoms with van der Waals surface area (Å²) in [6.07, 6.45) is 6.66. The van der Waals surface area contributed by atoms with Crippen molar-refractivity contribution in [1.29, 1.82) is 0 Å². The number of unbranched alkanes of at least 4 members (excludes halogenated alkanes) is 5. The maximum absolute atomic E-state index is 11.5. The Balaban J connectivity index is 3.30. The zero-order valence-electron chi connectivity index (χ0n) is 11.9. The van der Waals surface area contributed by atoms with Gasteiger partial charge in [0.25, 0.3) is 5.91 Å². The molecule has 0 spiro atoms. The molecule has 0 radical (unpaired) electrons. The van der Waals surface area contributed by atoms with E-state index in [0.29, 0.717) is 11.0 Å². The summed E-state index contributed by atoms with van der Waals surface area (Å²) in [6, 6.07) is 0. The smallest absolute Gasteiger partial charge is 0.303 e. The van der Waals surface area contributed by atoms with Crippen molar-refractivity contribution in [3.63, 3.8) is 0 Å². The van der Waals surface area contributed by atoms with E-state index >= 15 is 0 Å². The van der Waals surface area contributed by atoms with Crippen molar-refractivity contribution < 1.29 is 19.3 Å². The maximum atomic E-state index is 11.5. The zero-order valence-corrected chi connectivity index (χ0v) is 11.9. The summed E-state index contributed by atoms with van der Waals surface area (Å²) in [5, 5.41) is 8.46. The lowest BCUT2D eigenvalue weighted by atomic mass is 10.1. The highest BCUT2D eigenvalue weighted by molar-refractivity contribution is 5.74. The molecule has 2 N–H and O–H groups in total. The van der Waals surface area contributed by atoms with E-state index in [1.54, 1.807) is 0 Å². The Morgan fingerprint density at radius 1 is 0.889 bits per heavy atom. The second-order valence-corrected chi connectivity index (χ2v) is 5.56. The van der Waals surface area contributed by atoms with Crippen LogP contribution in [0.1, 0.15) is 51.4 Å². The van der Waals surface area contributed by atoms with Gasteiger partial charge in [-0.05, 0) is 12.8 Å². The molecule has 0 aromatic carbocycles. The molecule has 18 heavy (non-hydrogen) atoms. The Hall–Kier alpha value is -1.10. The molecule has 0 unspecified atom stereocenters. The van der Waals surface area contributed by atoms with Gasteiger partial charge in [-0.25, -0.2) is 10.0 Å². The van der Waals surface area contributed by atoms with Crippen molar-refractivity contribution in [2.75, 3.05) is 21.1 Å². The molecule has 0 aromatic rings. The molecule has 106 valence electrons. The van der Waals surface area contributed by atoms with E-state index < -0.39 is 5.97 Å². The molecule has 0 heterocycles. The van der Waals surface area contributed by atoms with Crippen molar-refractivity contribution >= 4 is 11.9 Å². The number of hydrogen-bond donors (Lipinski definition) is 2. The highest BCUT2D eigenvalue weighted by atomic mass is 16.4. The number of hydrogen-bond acceptors (Lipinski definition) is 2. The molecule has 1 amide bonds. The third kappa shape index (κ3) is 13.0. The lowest BCUT2D eigenvalue weighted by Gasteiger charge is -2.23. The van der Waals surface area contributed by atoms with Gasteiger partial charge in [0.1, 0.15) is 0 Å². The Morgan fingerprint density at radius 3 is 1.78 bits per heavy atom. The summed E-state index contributed by atoms with van der Waals surface area (Å²) in [7, 11) is 5.75. The zero-order chi connectivity index (χ0) is 14.0. The Kier molecular flexibility index (Phi) is 8.37. The first-order valence-electron chi connectivity index (χ1n) is 6.65. The molecule has 0 aromatic heterocycles. The summed E-state index contributed by atoms with van der Waals surface area (Å²) < 4.78 is 0.452. The second-order valence-electron chi connectivity index (χ2n) is 5.56. The van der Waals surface area contributed by atoms with E-state index in [-0.39, 0.29) is 12.3 Å². The molecule has 0 bridgehead atoms. The number of amides is 1. The summed E-state index contributed by atoms with van der Waals surface area (Å²) in [5.74, 6) is -0.625. The number of carboxylic acids is 1. The van der Waals surface area contributed by atoms with Crippen molar-refractivity contribution in [3.05, 3.63) is 0 Å². The summed E-state index contributed by atoms with van der Waals surface area (Å²) in [4.78, 5) is 21.8. The molecule has 5 heteroatoms. The first-order chi connectivity index (χ1) is 8.31. The van der Waals surface area contributed by atoms with Crippen molar-refractivity contribution in [2.24, 2.45) is 0 Å². The molecular weight excluding hydrogens is 232 g/mol. The molecule has 0 saturated heterocycles. The minimum absolute atomic E-state index is 0.0911. The van der Waals surface area contributed by atoms with Gasteiger partial charge in [0.15, 0.2) is 0 Å². The number of carbonyl (C=O) groups excluding carboxylic acids is 1. The topological polar surface area (TPSA) is 66.4 Å². The predicted octanol–water partition coefficient (Wildman–Crippen LogP) is 1.93. The average molecular weight is 259 g/mol. The van der Waals surface area contributed by atoms with Crippen LogP contribution >= 0.6 is 0 Å². The van der Waals surface area contributed by atoms with Gasteiger partial charge in [0, 0.05) is 12.8 Å². The molecule has 0 fully saturated rings. The monoisotopic (exact) mass is 259 g/mol. The van der Waals surface area contributed by atoms with Crippen LogP contribution in [0.15, 0.2) is 0 Å². The van der Waals surface area contributed by atoms with Crippen LogP contribution < -0.4 is 5.43 Å². The Bertz CT molecular complexity index is 259. The lowest BCUT2D eigenvalue weighted by Crippen LogP contribution is -2.51. The van der Waals surface area contributed by atoms with Gasteiger partial charge in [-0.1, -0.05) is 25.7 Å². The third-order valence-electron chi connectivity index (χ3n) is 2.50. The van der Waals surface area contributed by atoms with Crippen molar-refractivity contribution in [1.82, 2.24) is 5.43 Å². The molecule has 0 saturated carbocycles. The largest absolute Gasteiger partial charge is 0.481 e. The van der Waals surface area contributed by atoms with Crippen LogP contribution in [0.5, 0.6) is 0 Å². The summed E-state index contributed by atoms with van der Waals surface area (Å²) in [5.41, 5.74) is 2.88. The highest BCUT2D eigenvalue weighted by Crippen LogP contribution is 2.08. The molecule has 0 rings (SSSR count). The fraction of sp³-hybridized carbons (Fsp3) is 0.846. The fourth-order valence-electron chi connectivity index (χ4n) is 1.70. The van der Waals surface area contributed by atoms with Gasteiger partial charge in [-0.3, -0.25) is 9.59 Å². The first kappa shape index (κ1) is 16.9. The van der Waals surface area contributed by atoms with Crippen molar-refractivity contribution in [3.8, 4) is 0 Å². The van der Waals surface area contributed by atoms with Gasteiger partial charge in [-0.15, -0.1) is 0 Å². The number of quaternary nitrogens is 1. The minimum atomic E-state index is -0.716. The van der Waals surface area contributed by atoms with Crippen molar-refractivity contribution in [2.45, 2.75) is 51.4 Å². The van der Waals surface area contributed by atoms with E-state index in [1.165, 1.54) is 0 Å². The van der Waals surface area contributed by atoms with E-state index in [1.807, 2.05) is 21.1 Å². The van der Waals surface area contributed by atoms with Gasteiger partial charge in [0.2, 0.25) is 0 Å². The quantitative estimate of drug-likeness (QED) is 0.358. The number of aliphatic carboxylic acids is 1. The van der Waals surface area contributed by atoms with Gasteiger partial charge in [0.05, 0.1) is 21.1 Å². The number of carboxylic acid groups (broad SMARTS) is 1. The number of nitrogens with zero attached hydrogens (tertiary/aromatic N) is 1. The van der Waals surface area contributed by atoms with Crippen LogP contribution in [-0.4, -0.2) is 42.7 Å².